The first kappa shape index (κ1) is 5.60. The molecule has 0 saturated heterocycles. The van der Waals surface area contributed by atoms with Crippen LogP contribution in [0.2, 0.25) is 0 Å². The highest BCUT2D eigenvalue weighted by atomic mass is 19.1. The van der Waals surface area contributed by atoms with Crippen LogP contribution in [0.5, 0.6) is 0 Å². The summed E-state index contributed by atoms with van der Waals surface area (Å²) in [5, 5.41) is 0. The van der Waals surface area contributed by atoms with Gasteiger partial charge in [0.25, 0.3) is 0 Å². The van der Waals surface area contributed by atoms with Crippen molar-refractivity contribution in [2.24, 2.45) is 0 Å². The Morgan fingerprint density at radius 3 is 2.33 bits per heavy atom. The second kappa shape index (κ2) is 2.82. The number of hydrogen-bond acceptors (Lipinski definition) is 1. The monoisotopic (exact) mass is 90.0 g/mol. The van der Waals surface area contributed by atoms with Gasteiger partial charge in [-0.1, -0.05) is 0 Å². The topological polar surface area (TPSA) is 17.1 Å². The third-order valence-corrected chi connectivity index (χ3v) is 0.447. The first-order valence-electron chi connectivity index (χ1n) is 1.82. The lowest BCUT2D eigenvalue weighted by atomic mass is 10.3. The minimum atomic E-state index is -0.519. The fraction of sp³-hybridized carbons (Fsp3) is 0.750. The molecular formula is C4H7FO. The van der Waals surface area contributed by atoms with Crippen LogP contribution in [-0.4, -0.2) is 12.5 Å². The van der Waals surface area contributed by atoms with Crippen LogP contribution in [0.15, 0.2) is 0 Å². The lowest BCUT2D eigenvalue weighted by Crippen LogP contribution is -1.88. The van der Waals surface area contributed by atoms with Gasteiger partial charge in [-0.25, -0.2) is 0 Å². The van der Waals surface area contributed by atoms with Crippen LogP contribution >= 0.6 is 0 Å². The molecule has 0 unspecified atom stereocenters. The minimum absolute atomic E-state index is 0.0694. The fourth-order valence-corrected chi connectivity index (χ4v) is 0.133. The van der Waals surface area contributed by atoms with Gasteiger partial charge in [0.2, 0.25) is 0 Å². The first-order chi connectivity index (χ1) is 2.77. The Hall–Kier alpha value is -0.400. The minimum Gasteiger partial charge on any atom is -0.300 e. The van der Waals surface area contributed by atoms with Crippen molar-refractivity contribution in [3.63, 3.8) is 0 Å². The van der Waals surface area contributed by atoms with Crippen LogP contribution in [0.3, 0.4) is 0 Å². The van der Waals surface area contributed by atoms with Crippen LogP contribution in [0.4, 0.5) is 4.39 Å². The maximum atomic E-state index is 11.0. The van der Waals surface area contributed by atoms with Gasteiger partial charge in [-0.3, -0.25) is 9.18 Å². The summed E-state index contributed by atoms with van der Waals surface area (Å²) in [6.07, 6.45) is 0.0694. The Bertz CT molecular complexity index is 51.5. The van der Waals surface area contributed by atoms with Crippen molar-refractivity contribution in [3.05, 3.63) is 0 Å². The Kier molecular flexibility index (Phi) is 2.63. The molecule has 0 bridgehead atoms. The van der Waals surface area contributed by atoms with Crippen molar-refractivity contribution in [1.29, 1.82) is 0 Å². The van der Waals surface area contributed by atoms with Gasteiger partial charge in [0.15, 0.2) is 0 Å². The molecule has 0 heterocycles. The molecule has 36 valence electrons. The number of carbonyl (C=O) groups excluding carboxylic acids is 1. The van der Waals surface area contributed by atoms with E-state index in [0.717, 1.165) is 0 Å². The summed E-state index contributed by atoms with van der Waals surface area (Å²) in [4.78, 5) is 9.80. The molecule has 0 amide bonds. The smallest absolute Gasteiger partial charge is 0.132 e. The van der Waals surface area contributed by atoms with Crippen molar-refractivity contribution in [1.82, 2.24) is 0 Å². The zero-order valence-corrected chi connectivity index (χ0v) is 3.70. The van der Waals surface area contributed by atoms with Gasteiger partial charge < -0.3 is 0 Å². The Balaban J connectivity index is 2.83. The third kappa shape index (κ3) is 3.60. The molecule has 0 aliphatic heterocycles. The predicted octanol–water partition coefficient (Wildman–Crippen LogP) is 0.935. The quantitative estimate of drug-likeness (QED) is 0.493. The maximum Gasteiger partial charge on any atom is 0.132 e. The summed E-state index contributed by atoms with van der Waals surface area (Å²) in [6.45, 7) is 0.856. The fourth-order valence-electron chi connectivity index (χ4n) is 0.133. The van der Waals surface area contributed by atoms with Gasteiger partial charge in [0, 0.05) is 6.42 Å². The van der Waals surface area contributed by atoms with Gasteiger partial charge >= 0.3 is 0 Å². The highest BCUT2D eigenvalue weighted by Crippen LogP contribution is 1.78. The molecule has 0 atom stereocenters. The van der Waals surface area contributed by atoms with E-state index in [1.165, 1.54) is 6.92 Å². The summed E-state index contributed by atoms with van der Waals surface area (Å²) in [7, 11) is 0. The van der Waals surface area contributed by atoms with Crippen molar-refractivity contribution in [2.45, 2.75) is 13.3 Å². The number of alkyl halides is 1. The van der Waals surface area contributed by atoms with Crippen LogP contribution in [0, 0.1) is 0 Å². The molecule has 0 N–H and O–H groups in total. The van der Waals surface area contributed by atoms with E-state index in [9.17, 15) is 9.18 Å². The van der Waals surface area contributed by atoms with E-state index in [2.05, 4.69) is 0 Å². The molecule has 0 aliphatic rings. The third-order valence-electron chi connectivity index (χ3n) is 0.447. The number of Topliss-reactive ketones (excluding diaryl/α,β-unsaturated/α-hetero) is 1. The molecule has 0 aromatic carbocycles. The number of ketones is 1. The zero-order chi connectivity index (χ0) is 4.99. The summed E-state index contributed by atoms with van der Waals surface area (Å²) in [5.74, 6) is -0.0856. The lowest BCUT2D eigenvalue weighted by molar-refractivity contribution is -0.117. The molecule has 1 nitrogen and oxygen atoms in total. The molecule has 0 rings (SSSR count). The van der Waals surface area contributed by atoms with Gasteiger partial charge in [-0.05, 0) is 6.92 Å². The van der Waals surface area contributed by atoms with Crippen molar-refractivity contribution in [3.8, 4) is 0 Å². The average Bonchev–Trinajstić information content (AvgIpc) is 1.35. The summed E-state index contributed by atoms with van der Waals surface area (Å²) < 4.78 is 11.0. The second-order valence-electron chi connectivity index (χ2n) is 1.14. The van der Waals surface area contributed by atoms with E-state index >= 15 is 0 Å². The van der Waals surface area contributed by atoms with Crippen LogP contribution in [-0.2, 0) is 4.79 Å². The van der Waals surface area contributed by atoms with Crippen LogP contribution in [0.25, 0.3) is 0 Å². The highest BCUT2D eigenvalue weighted by Gasteiger charge is 1.86. The van der Waals surface area contributed by atoms with E-state index in [0.29, 0.717) is 0 Å². The van der Waals surface area contributed by atoms with Crippen molar-refractivity contribution in [2.75, 3.05) is 6.67 Å². The van der Waals surface area contributed by atoms with E-state index in [-0.39, 0.29) is 12.2 Å². The second-order valence-corrected chi connectivity index (χ2v) is 1.14. The molecule has 0 aliphatic carbocycles. The van der Waals surface area contributed by atoms with Gasteiger partial charge in [0.1, 0.15) is 5.78 Å². The van der Waals surface area contributed by atoms with E-state index in [1.54, 1.807) is 0 Å². The average molecular weight is 90.1 g/mol. The van der Waals surface area contributed by atoms with Crippen LogP contribution < -0.4 is 0 Å². The Morgan fingerprint density at radius 2 is 2.33 bits per heavy atom. The highest BCUT2D eigenvalue weighted by molar-refractivity contribution is 5.75. The molecule has 0 radical (unpaired) electrons. The van der Waals surface area contributed by atoms with E-state index in [1.807, 2.05) is 0 Å². The van der Waals surface area contributed by atoms with Crippen molar-refractivity contribution < 1.29 is 9.18 Å². The van der Waals surface area contributed by atoms with Gasteiger partial charge in [-0.15, -0.1) is 0 Å². The first-order valence-corrected chi connectivity index (χ1v) is 1.82. The van der Waals surface area contributed by atoms with Gasteiger partial charge in [-0.2, -0.15) is 0 Å². The Morgan fingerprint density at radius 1 is 1.83 bits per heavy atom. The lowest BCUT2D eigenvalue weighted by Gasteiger charge is -1.78. The van der Waals surface area contributed by atoms with Crippen LogP contribution in [0.1, 0.15) is 13.3 Å². The van der Waals surface area contributed by atoms with E-state index < -0.39 is 6.67 Å². The van der Waals surface area contributed by atoms with E-state index in [4.69, 9.17) is 0 Å². The SMILES string of the molecule is CC(=O)CCF. The van der Waals surface area contributed by atoms with Crippen molar-refractivity contribution >= 4 is 5.78 Å². The molecule has 0 aromatic rings. The summed E-state index contributed by atoms with van der Waals surface area (Å²) >= 11 is 0. The molecule has 0 fully saturated rings. The number of carbonyl (C=O) groups is 1. The summed E-state index contributed by atoms with van der Waals surface area (Å²) in [6, 6.07) is 0. The molecular weight excluding hydrogens is 83.0 g/mol. The molecule has 0 saturated carbocycles. The van der Waals surface area contributed by atoms with Gasteiger partial charge in [0.05, 0.1) is 6.67 Å². The number of halogens is 1. The molecule has 2 heteroatoms. The molecule has 6 heavy (non-hydrogen) atoms. The molecule has 0 spiro atoms. The number of hydrogen-bond donors (Lipinski definition) is 0. The molecule has 0 aromatic heterocycles. The Labute approximate surface area is 36.2 Å². The zero-order valence-electron chi connectivity index (χ0n) is 3.70. The predicted molar refractivity (Wildman–Crippen MR) is 21.3 cm³/mol. The summed E-state index contributed by atoms with van der Waals surface area (Å²) in [5.41, 5.74) is 0. The number of rotatable bonds is 2. The maximum absolute atomic E-state index is 11.0. The normalized spacial score (nSPS) is 8.33. The largest absolute Gasteiger partial charge is 0.300 e. The standard InChI is InChI=1S/C4H7FO/c1-4(6)2-3-5/h2-3H2,1H3.